The summed E-state index contributed by atoms with van der Waals surface area (Å²) in [6.07, 6.45) is 2.80. The molecule has 5 N–H and O–H groups in total. The van der Waals surface area contributed by atoms with Crippen molar-refractivity contribution in [2.24, 2.45) is 5.92 Å². The summed E-state index contributed by atoms with van der Waals surface area (Å²) in [7, 11) is 0. The molecule has 10 nitrogen and oxygen atoms in total. The molecule has 2 unspecified atom stereocenters. The van der Waals surface area contributed by atoms with Gasteiger partial charge in [0.25, 0.3) is 0 Å². The summed E-state index contributed by atoms with van der Waals surface area (Å²) in [4.78, 5) is 48.7. The highest BCUT2D eigenvalue weighted by atomic mass is 35.5. The zero-order valence-electron chi connectivity index (χ0n) is 16.6. The van der Waals surface area contributed by atoms with Gasteiger partial charge in [0.1, 0.15) is 17.5 Å². The van der Waals surface area contributed by atoms with E-state index < -0.39 is 47.1 Å². The fraction of sp³-hybridized carbons (Fsp3) is 0.647. The van der Waals surface area contributed by atoms with Gasteiger partial charge in [-0.15, -0.1) is 11.6 Å². The third-order valence-corrected chi connectivity index (χ3v) is 5.48. The van der Waals surface area contributed by atoms with Gasteiger partial charge in [-0.2, -0.15) is 0 Å². The third kappa shape index (κ3) is 9.37. The number of carbonyl (C=O) groups excluding carboxylic acids is 4. The summed E-state index contributed by atoms with van der Waals surface area (Å²) < 4.78 is 12.3. The number of urea groups is 1. The van der Waals surface area contributed by atoms with Gasteiger partial charge < -0.3 is 31.1 Å². The Bertz CT molecular complexity index is 633. The number of carbonyl (C=O) groups is 4. The zero-order chi connectivity index (χ0) is 22.0. The van der Waals surface area contributed by atoms with Crippen molar-refractivity contribution in [3.05, 3.63) is 12.2 Å². The number of amides is 5. The van der Waals surface area contributed by atoms with E-state index in [2.05, 4.69) is 26.6 Å². The quantitative estimate of drug-likeness (QED) is 0.205. The van der Waals surface area contributed by atoms with Crippen LogP contribution in [-0.2, 0) is 25.6 Å². The summed E-state index contributed by atoms with van der Waals surface area (Å²) in [6.45, 7) is 5.32. The van der Waals surface area contributed by atoms with Crippen LogP contribution >= 0.6 is 11.6 Å². The number of halogens is 1. The zero-order valence-corrected chi connectivity index (χ0v) is 18.2. The molecule has 0 spiro atoms. The minimum Gasteiger partial charge on any atom is -0.616 e. The SMILES string of the molecule is CC(C)C(NC(=O)NCCl)C(=O)N[C@H]1C[S+]([O-])CCNC(=O)/C=C/[C@H](C)NC1=O. The van der Waals surface area contributed by atoms with Gasteiger partial charge in [0, 0.05) is 12.1 Å². The highest BCUT2D eigenvalue weighted by molar-refractivity contribution is 7.91. The predicted molar refractivity (Wildman–Crippen MR) is 111 cm³/mol. The summed E-state index contributed by atoms with van der Waals surface area (Å²) in [5.41, 5.74) is 0. The van der Waals surface area contributed by atoms with Gasteiger partial charge in [0.2, 0.25) is 17.7 Å². The van der Waals surface area contributed by atoms with Crippen molar-refractivity contribution in [3.63, 3.8) is 0 Å². The first-order valence-electron chi connectivity index (χ1n) is 9.16. The lowest BCUT2D eigenvalue weighted by Crippen LogP contribution is -2.58. The number of hydrogen-bond donors (Lipinski definition) is 5. The Morgan fingerprint density at radius 1 is 1.38 bits per heavy atom. The normalized spacial score (nSPS) is 25.5. The van der Waals surface area contributed by atoms with Gasteiger partial charge in [-0.1, -0.05) is 19.9 Å². The molecule has 1 heterocycles. The van der Waals surface area contributed by atoms with Crippen molar-refractivity contribution in [3.8, 4) is 0 Å². The molecule has 1 aliphatic heterocycles. The van der Waals surface area contributed by atoms with E-state index in [-0.39, 0.29) is 35.9 Å². The maximum Gasteiger partial charge on any atom is 0.316 e. The van der Waals surface area contributed by atoms with E-state index in [9.17, 15) is 23.7 Å². The van der Waals surface area contributed by atoms with Crippen LogP contribution in [0.2, 0.25) is 0 Å². The van der Waals surface area contributed by atoms with Crippen molar-refractivity contribution in [1.29, 1.82) is 0 Å². The van der Waals surface area contributed by atoms with Crippen molar-refractivity contribution in [2.75, 3.05) is 24.1 Å². The average molecular weight is 450 g/mol. The Morgan fingerprint density at radius 3 is 2.69 bits per heavy atom. The summed E-state index contributed by atoms with van der Waals surface area (Å²) >= 11 is 3.99. The summed E-state index contributed by atoms with van der Waals surface area (Å²) in [5.74, 6) is -1.70. The molecule has 0 bridgehead atoms. The maximum atomic E-state index is 12.7. The first-order chi connectivity index (χ1) is 13.6. The molecule has 5 amide bonds. The second-order valence-corrected chi connectivity index (χ2v) is 8.71. The van der Waals surface area contributed by atoms with Crippen molar-refractivity contribution in [2.45, 2.75) is 38.9 Å². The van der Waals surface area contributed by atoms with E-state index in [1.54, 1.807) is 20.8 Å². The average Bonchev–Trinajstić information content (AvgIpc) is 2.63. The van der Waals surface area contributed by atoms with Gasteiger partial charge >= 0.3 is 6.03 Å². The predicted octanol–water partition coefficient (Wildman–Crippen LogP) is -1.07. The van der Waals surface area contributed by atoms with Gasteiger partial charge in [-0.3, -0.25) is 14.4 Å². The minimum atomic E-state index is -1.46. The van der Waals surface area contributed by atoms with E-state index in [4.69, 9.17) is 11.6 Å². The Balaban J connectivity index is 2.92. The van der Waals surface area contributed by atoms with E-state index in [1.807, 2.05) is 0 Å². The lowest BCUT2D eigenvalue weighted by atomic mass is 10.0. The van der Waals surface area contributed by atoms with Crippen molar-refractivity contribution in [1.82, 2.24) is 26.6 Å². The van der Waals surface area contributed by atoms with Gasteiger partial charge in [0.15, 0.2) is 6.04 Å². The Labute approximate surface area is 178 Å². The molecule has 0 aromatic rings. The Morgan fingerprint density at radius 2 is 2.07 bits per heavy atom. The Kier molecular flexibility index (Phi) is 10.8. The van der Waals surface area contributed by atoms with Gasteiger partial charge in [0.05, 0.1) is 12.5 Å². The minimum absolute atomic E-state index is 0.121. The molecular formula is C17H28ClN5O5S. The van der Waals surface area contributed by atoms with Crippen LogP contribution in [0.3, 0.4) is 0 Å². The van der Waals surface area contributed by atoms with Crippen LogP contribution in [0, 0.1) is 5.92 Å². The highest BCUT2D eigenvalue weighted by Crippen LogP contribution is 2.05. The number of alkyl halides is 1. The van der Waals surface area contributed by atoms with Crippen LogP contribution in [0.15, 0.2) is 12.2 Å². The molecule has 1 aliphatic rings. The van der Waals surface area contributed by atoms with Crippen LogP contribution in [0.25, 0.3) is 0 Å². The molecule has 0 aromatic carbocycles. The maximum absolute atomic E-state index is 12.7. The highest BCUT2D eigenvalue weighted by Gasteiger charge is 2.32. The number of rotatable bonds is 5. The topological polar surface area (TPSA) is 151 Å². The van der Waals surface area contributed by atoms with Crippen molar-refractivity contribution < 1.29 is 23.7 Å². The first-order valence-corrected chi connectivity index (χ1v) is 11.2. The molecule has 12 heteroatoms. The summed E-state index contributed by atoms with van der Waals surface area (Å²) in [5, 5.41) is 12.7. The molecule has 29 heavy (non-hydrogen) atoms. The second kappa shape index (κ2) is 12.6. The molecule has 1 rings (SSSR count). The largest absolute Gasteiger partial charge is 0.616 e. The van der Waals surface area contributed by atoms with Crippen LogP contribution in [0.1, 0.15) is 20.8 Å². The van der Waals surface area contributed by atoms with E-state index in [1.165, 1.54) is 12.2 Å². The molecule has 4 atom stereocenters. The first kappa shape index (κ1) is 25.1. The van der Waals surface area contributed by atoms with E-state index in [0.717, 1.165) is 0 Å². The third-order valence-electron chi connectivity index (χ3n) is 3.98. The van der Waals surface area contributed by atoms with Gasteiger partial charge in [-0.05, 0) is 24.0 Å². The molecule has 0 aromatic heterocycles. The standard InChI is InChI=1S/C17H28ClN5O5S/c1-10(2)14(23-17(27)20-9-18)16(26)22-12-8-29(28)7-6-19-13(24)5-4-11(3)21-15(12)25/h4-5,10-12,14H,6-9H2,1-3H3,(H,19,24)(H,21,25)(H,22,26)(H2,20,23,27)/b5-4+/t11-,12-,14?,29?/m0/s1. The summed E-state index contributed by atoms with van der Waals surface area (Å²) in [6, 6.07) is -3.19. The van der Waals surface area contributed by atoms with Crippen LogP contribution < -0.4 is 26.6 Å². The van der Waals surface area contributed by atoms with Crippen LogP contribution in [0.4, 0.5) is 4.79 Å². The van der Waals surface area contributed by atoms with Crippen molar-refractivity contribution >= 4 is 46.5 Å². The number of hydrogen-bond acceptors (Lipinski definition) is 5. The Hall–Kier alpha value is -1.98. The smallest absolute Gasteiger partial charge is 0.316 e. The molecular weight excluding hydrogens is 422 g/mol. The van der Waals surface area contributed by atoms with E-state index >= 15 is 0 Å². The van der Waals surface area contributed by atoms with E-state index in [0.29, 0.717) is 0 Å². The lowest BCUT2D eigenvalue weighted by molar-refractivity contribution is -0.130. The lowest BCUT2D eigenvalue weighted by Gasteiger charge is -2.26. The molecule has 0 aliphatic carbocycles. The van der Waals surface area contributed by atoms with Gasteiger partial charge in [-0.25, -0.2) is 4.79 Å². The fourth-order valence-corrected chi connectivity index (χ4v) is 3.68. The van der Waals surface area contributed by atoms with Crippen LogP contribution in [0.5, 0.6) is 0 Å². The van der Waals surface area contributed by atoms with Crippen LogP contribution in [-0.4, -0.2) is 70.5 Å². The molecule has 0 radical (unpaired) electrons. The molecule has 0 saturated carbocycles. The number of nitrogens with one attached hydrogen (secondary N) is 5. The molecule has 164 valence electrons. The second-order valence-electron chi connectivity index (χ2n) is 6.82. The fourth-order valence-electron chi connectivity index (χ4n) is 2.45. The molecule has 0 saturated heterocycles. The monoisotopic (exact) mass is 449 g/mol. The molecule has 0 fully saturated rings.